The molecule has 0 fully saturated rings. The van der Waals surface area contributed by atoms with Gasteiger partial charge in [-0.1, -0.05) is 12.1 Å². The molecule has 0 spiro atoms. The summed E-state index contributed by atoms with van der Waals surface area (Å²) in [5.74, 6) is -2.80. The van der Waals surface area contributed by atoms with Crippen LogP contribution in [0.1, 0.15) is 12.5 Å². The van der Waals surface area contributed by atoms with Crippen LogP contribution in [-0.2, 0) is 9.53 Å². The van der Waals surface area contributed by atoms with E-state index in [1.165, 1.54) is 19.2 Å². The van der Waals surface area contributed by atoms with Crippen molar-refractivity contribution in [2.45, 2.75) is 13.0 Å². The van der Waals surface area contributed by atoms with E-state index < -0.39 is 17.5 Å². The van der Waals surface area contributed by atoms with Gasteiger partial charge in [0.15, 0.2) is 11.6 Å². The summed E-state index contributed by atoms with van der Waals surface area (Å²) < 4.78 is 31.3. The number of carbonyl (C=O) groups is 1. The highest BCUT2D eigenvalue weighted by molar-refractivity contribution is 6.01. The molecule has 0 saturated heterocycles. The number of rotatable bonds is 5. The number of ether oxygens (including phenoxy) is 1. The highest BCUT2D eigenvalue weighted by atomic mass is 19.2. The van der Waals surface area contributed by atoms with Gasteiger partial charge >= 0.3 is 0 Å². The number of hydrogen-bond acceptors (Lipinski definition) is 3. The number of nitriles is 1. The summed E-state index contributed by atoms with van der Waals surface area (Å²) in [6.45, 7) is 1.97. The summed E-state index contributed by atoms with van der Waals surface area (Å²) in [6, 6.07) is 4.89. The van der Waals surface area contributed by atoms with Gasteiger partial charge in [-0.2, -0.15) is 5.26 Å². The lowest BCUT2D eigenvalue weighted by molar-refractivity contribution is -0.117. The quantitative estimate of drug-likeness (QED) is 0.663. The number of hydrogen-bond donors (Lipinski definition) is 1. The van der Waals surface area contributed by atoms with Gasteiger partial charge in [0.05, 0.1) is 6.61 Å². The van der Waals surface area contributed by atoms with Gasteiger partial charge in [0.25, 0.3) is 5.91 Å². The predicted octanol–water partition coefficient (Wildman–Crippen LogP) is 2.02. The maximum absolute atomic E-state index is 13.5. The first-order chi connectivity index (χ1) is 9.49. The Kier molecular flexibility index (Phi) is 5.81. The molecule has 1 aromatic rings. The molecule has 0 bridgehead atoms. The van der Waals surface area contributed by atoms with Gasteiger partial charge in [-0.25, -0.2) is 8.78 Å². The van der Waals surface area contributed by atoms with E-state index >= 15 is 0 Å². The molecule has 0 aliphatic carbocycles. The van der Waals surface area contributed by atoms with Crippen LogP contribution in [0.3, 0.4) is 0 Å². The van der Waals surface area contributed by atoms with Gasteiger partial charge in [-0.15, -0.1) is 0 Å². The second kappa shape index (κ2) is 7.36. The first-order valence-electron chi connectivity index (χ1n) is 5.85. The Labute approximate surface area is 115 Å². The Hall–Kier alpha value is -2.26. The minimum atomic E-state index is -1.10. The monoisotopic (exact) mass is 280 g/mol. The molecule has 0 aliphatic rings. The van der Waals surface area contributed by atoms with Crippen LogP contribution in [0.25, 0.3) is 6.08 Å². The molecule has 106 valence electrons. The summed E-state index contributed by atoms with van der Waals surface area (Å²) >= 11 is 0. The fourth-order valence-electron chi connectivity index (χ4n) is 1.53. The molecule has 0 heterocycles. The molecule has 0 aromatic heterocycles. The second-order valence-electron chi connectivity index (χ2n) is 4.14. The molecule has 6 heteroatoms. The summed E-state index contributed by atoms with van der Waals surface area (Å²) in [5.41, 5.74) is -0.464. The van der Waals surface area contributed by atoms with E-state index in [4.69, 9.17) is 10.00 Å². The Bertz CT molecular complexity index is 565. The lowest BCUT2D eigenvalue weighted by atomic mass is 10.1. The van der Waals surface area contributed by atoms with E-state index in [2.05, 4.69) is 5.32 Å². The van der Waals surface area contributed by atoms with Crippen LogP contribution in [0, 0.1) is 23.0 Å². The van der Waals surface area contributed by atoms with Gasteiger partial charge in [-0.05, 0) is 19.1 Å². The van der Waals surface area contributed by atoms with E-state index in [0.29, 0.717) is 0 Å². The highest BCUT2D eigenvalue weighted by Crippen LogP contribution is 2.15. The average molecular weight is 280 g/mol. The van der Waals surface area contributed by atoms with Crippen molar-refractivity contribution in [2.24, 2.45) is 0 Å². The molecule has 0 radical (unpaired) electrons. The zero-order valence-electron chi connectivity index (χ0n) is 11.1. The van der Waals surface area contributed by atoms with Crippen LogP contribution < -0.4 is 5.32 Å². The zero-order valence-corrected chi connectivity index (χ0v) is 11.1. The second-order valence-corrected chi connectivity index (χ2v) is 4.14. The normalized spacial score (nSPS) is 12.7. The van der Waals surface area contributed by atoms with Gasteiger partial charge in [-0.3, -0.25) is 4.79 Å². The highest BCUT2D eigenvalue weighted by Gasteiger charge is 2.14. The molecule has 0 unspecified atom stereocenters. The number of amides is 1. The van der Waals surface area contributed by atoms with Crippen LogP contribution >= 0.6 is 0 Å². The van der Waals surface area contributed by atoms with E-state index in [9.17, 15) is 13.6 Å². The van der Waals surface area contributed by atoms with Crippen molar-refractivity contribution in [1.29, 1.82) is 5.26 Å². The molecule has 0 saturated carbocycles. The van der Waals surface area contributed by atoms with Crippen molar-refractivity contribution in [3.63, 3.8) is 0 Å². The third-order valence-electron chi connectivity index (χ3n) is 2.44. The van der Waals surface area contributed by atoms with Crippen molar-refractivity contribution in [3.05, 3.63) is 41.0 Å². The average Bonchev–Trinajstić information content (AvgIpc) is 2.40. The van der Waals surface area contributed by atoms with Crippen LogP contribution in [0.4, 0.5) is 8.78 Å². The third-order valence-corrected chi connectivity index (χ3v) is 2.44. The Morgan fingerprint density at radius 2 is 2.25 bits per heavy atom. The first-order valence-corrected chi connectivity index (χ1v) is 5.85. The largest absolute Gasteiger partial charge is 0.383 e. The maximum Gasteiger partial charge on any atom is 0.262 e. The number of methoxy groups -OCH3 is 1. The zero-order chi connectivity index (χ0) is 15.1. The Morgan fingerprint density at radius 1 is 1.55 bits per heavy atom. The summed E-state index contributed by atoms with van der Waals surface area (Å²) in [7, 11) is 1.48. The van der Waals surface area contributed by atoms with Gasteiger partial charge in [0, 0.05) is 18.7 Å². The van der Waals surface area contributed by atoms with Crippen molar-refractivity contribution in [3.8, 4) is 6.07 Å². The number of benzene rings is 1. The number of nitrogens with one attached hydrogen (secondary N) is 1. The lowest BCUT2D eigenvalue weighted by Crippen LogP contribution is -2.36. The van der Waals surface area contributed by atoms with E-state index in [1.807, 2.05) is 0 Å². The van der Waals surface area contributed by atoms with Crippen LogP contribution in [-0.4, -0.2) is 25.7 Å². The van der Waals surface area contributed by atoms with E-state index in [-0.39, 0.29) is 23.8 Å². The van der Waals surface area contributed by atoms with Crippen molar-refractivity contribution in [1.82, 2.24) is 5.32 Å². The standard InChI is InChI=1S/C14H14F2N2O2/c1-9(8-20-2)18-14(19)11(7-17)6-10-4-3-5-12(15)13(10)16/h3-6,9H,8H2,1-2H3,(H,18,19)/b11-6-/t9-/m1/s1. The number of halogens is 2. The Balaban J connectivity index is 2.96. The van der Waals surface area contributed by atoms with Gasteiger partial charge in [0.1, 0.15) is 11.6 Å². The molecule has 0 aliphatic heterocycles. The predicted molar refractivity (Wildman–Crippen MR) is 69.4 cm³/mol. The first kappa shape index (κ1) is 15.8. The molecule has 4 nitrogen and oxygen atoms in total. The maximum atomic E-state index is 13.5. The molecule has 1 aromatic carbocycles. The SMILES string of the molecule is COC[C@@H](C)NC(=O)/C(C#N)=C\c1cccc(F)c1F. The molecule has 1 N–H and O–H groups in total. The van der Waals surface area contributed by atoms with Crippen LogP contribution in [0.5, 0.6) is 0 Å². The summed E-state index contributed by atoms with van der Waals surface area (Å²) in [4.78, 5) is 11.8. The van der Waals surface area contributed by atoms with E-state index in [0.717, 1.165) is 12.1 Å². The molecule has 1 amide bonds. The molecular weight excluding hydrogens is 266 g/mol. The molecular formula is C14H14F2N2O2. The van der Waals surface area contributed by atoms with Gasteiger partial charge in [0.2, 0.25) is 0 Å². The van der Waals surface area contributed by atoms with Gasteiger partial charge < -0.3 is 10.1 Å². The Morgan fingerprint density at radius 3 is 2.85 bits per heavy atom. The topological polar surface area (TPSA) is 62.1 Å². The van der Waals surface area contributed by atoms with Crippen LogP contribution in [0.15, 0.2) is 23.8 Å². The fourth-order valence-corrected chi connectivity index (χ4v) is 1.53. The van der Waals surface area contributed by atoms with Crippen molar-refractivity contribution < 1.29 is 18.3 Å². The smallest absolute Gasteiger partial charge is 0.262 e. The van der Waals surface area contributed by atoms with Crippen molar-refractivity contribution >= 4 is 12.0 Å². The minimum absolute atomic E-state index is 0.156. The minimum Gasteiger partial charge on any atom is -0.383 e. The number of nitrogens with zero attached hydrogens (tertiary/aromatic N) is 1. The summed E-state index contributed by atoms with van der Waals surface area (Å²) in [5, 5.41) is 11.4. The third kappa shape index (κ3) is 4.14. The van der Waals surface area contributed by atoms with Crippen molar-refractivity contribution in [2.75, 3.05) is 13.7 Å². The number of carbonyl (C=O) groups excluding carboxylic acids is 1. The summed E-state index contributed by atoms with van der Waals surface area (Å²) in [6.07, 6.45) is 1.01. The lowest BCUT2D eigenvalue weighted by Gasteiger charge is -2.12. The fraction of sp³-hybridized carbons (Fsp3) is 0.286. The van der Waals surface area contributed by atoms with Crippen LogP contribution in [0.2, 0.25) is 0 Å². The van der Waals surface area contributed by atoms with E-state index in [1.54, 1.807) is 13.0 Å². The molecule has 20 heavy (non-hydrogen) atoms. The molecule has 1 atom stereocenters. The molecule has 1 rings (SSSR count).